The predicted octanol–water partition coefficient (Wildman–Crippen LogP) is 4.40. The molecule has 0 fully saturated rings. The summed E-state index contributed by atoms with van der Waals surface area (Å²) in [7, 11) is 3.87. The number of hydrogen-bond acceptors (Lipinski definition) is 7. The Hall–Kier alpha value is -2.94. The number of aromatic hydroxyl groups is 1. The van der Waals surface area contributed by atoms with Crippen LogP contribution >= 0.6 is 22.7 Å². The van der Waals surface area contributed by atoms with Crippen LogP contribution in [0.5, 0.6) is 5.75 Å². The molecule has 0 aliphatic carbocycles. The molecule has 0 bridgehead atoms. The number of aliphatic hydroxyl groups excluding tert-OH is 1. The van der Waals surface area contributed by atoms with Crippen LogP contribution < -0.4 is 0 Å². The van der Waals surface area contributed by atoms with Gasteiger partial charge in [0.15, 0.2) is 5.76 Å². The van der Waals surface area contributed by atoms with E-state index in [9.17, 15) is 19.8 Å². The zero-order valence-corrected chi connectivity index (χ0v) is 18.7. The maximum Gasteiger partial charge on any atom is 0.290 e. The van der Waals surface area contributed by atoms with Gasteiger partial charge in [-0.15, -0.1) is 22.7 Å². The van der Waals surface area contributed by atoms with Crippen LogP contribution in [0.1, 0.15) is 32.2 Å². The van der Waals surface area contributed by atoms with Crippen molar-refractivity contribution in [3.8, 4) is 5.75 Å². The van der Waals surface area contributed by atoms with Crippen molar-refractivity contribution >= 4 is 34.4 Å². The van der Waals surface area contributed by atoms with E-state index < -0.39 is 17.7 Å². The lowest BCUT2D eigenvalue weighted by Crippen LogP contribution is -2.38. The molecule has 1 aliphatic rings. The maximum absolute atomic E-state index is 13.3. The van der Waals surface area contributed by atoms with Crippen molar-refractivity contribution in [3.05, 3.63) is 85.9 Å². The number of likely N-dealkylation sites (N-methyl/N-ethyl adjacent to an activating group) is 1. The lowest BCUT2D eigenvalue weighted by Gasteiger charge is -2.33. The molecular weight excluding hydrogens is 432 g/mol. The van der Waals surface area contributed by atoms with Crippen molar-refractivity contribution in [1.82, 2.24) is 9.80 Å². The zero-order valence-electron chi connectivity index (χ0n) is 17.1. The number of hydrogen-bond donors (Lipinski definition) is 2. The van der Waals surface area contributed by atoms with Gasteiger partial charge in [0.25, 0.3) is 5.91 Å². The molecule has 0 unspecified atom stereocenters. The van der Waals surface area contributed by atoms with Gasteiger partial charge in [0.05, 0.1) is 22.5 Å². The van der Waals surface area contributed by atoms with Crippen LogP contribution in [-0.4, -0.2) is 52.3 Å². The van der Waals surface area contributed by atoms with Crippen molar-refractivity contribution in [2.75, 3.05) is 20.6 Å². The smallest absolute Gasteiger partial charge is 0.290 e. The first-order valence-corrected chi connectivity index (χ1v) is 11.5. The Balaban J connectivity index is 1.78. The fourth-order valence-electron chi connectivity index (χ4n) is 3.79. The number of aliphatic hydroxyl groups is 1. The highest BCUT2D eigenvalue weighted by atomic mass is 32.1. The summed E-state index contributed by atoms with van der Waals surface area (Å²) in [6.45, 7) is 0.295. The summed E-state index contributed by atoms with van der Waals surface area (Å²) >= 11 is 2.86. The molecule has 160 valence electrons. The summed E-state index contributed by atoms with van der Waals surface area (Å²) in [6.07, 6.45) is 0. The van der Waals surface area contributed by atoms with E-state index in [1.807, 2.05) is 36.5 Å². The van der Waals surface area contributed by atoms with Gasteiger partial charge in [-0.1, -0.05) is 24.3 Å². The molecule has 2 N–H and O–H groups in total. The lowest BCUT2D eigenvalue weighted by atomic mass is 9.95. The van der Waals surface area contributed by atoms with E-state index in [0.29, 0.717) is 17.0 Å². The summed E-state index contributed by atoms with van der Waals surface area (Å²) in [5, 5.41) is 24.3. The number of Topliss-reactive ketones (excluding diaryl/α,β-unsaturated/α-hetero) is 1. The van der Waals surface area contributed by atoms with E-state index >= 15 is 0 Å². The third-order valence-electron chi connectivity index (χ3n) is 5.37. The molecule has 4 rings (SSSR count). The van der Waals surface area contributed by atoms with Gasteiger partial charge >= 0.3 is 0 Å². The molecule has 1 aliphatic heterocycles. The second-order valence-electron chi connectivity index (χ2n) is 7.52. The van der Waals surface area contributed by atoms with E-state index in [2.05, 4.69) is 0 Å². The molecule has 2 atom stereocenters. The highest BCUT2D eigenvalue weighted by Crippen LogP contribution is 2.41. The first-order valence-electron chi connectivity index (χ1n) is 9.69. The number of nitrogens with zero attached hydrogens (tertiary/aromatic N) is 2. The average molecular weight is 455 g/mol. The summed E-state index contributed by atoms with van der Waals surface area (Å²) in [6, 6.07) is 13.0. The lowest BCUT2D eigenvalue weighted by molar-refractivity contribution is -0.130. The number of thiophene rings is 2. The van der Waals surface area contributed by atoms with Crippen LogP contribution in [0.15, 0.2) is 70.6 Å². The molecule has 0 saturated heterocycles. The van der Waals surface area contributed by atoms with Crippen LogP contribution in [0, 0.1) is 0 Å². The highest BCUT2D eigenvalue weighted by Gasteiger charge is 2.45. The van der Waals surface area contributed by atoms with Crippen molar-refractivity contribution < 1.29 is 19.8 Å². The Morgan fingerprint density at radius 3 is 2.32 bits per heavy atom. The van der Waals surface area contributed by atoms with Gasteiger partial charge < -0.3 is 20.0 Å². The van der Waals surface area contributed by atoms with Crippen LogP contribution in [0.25, 0.3) is 0 Å². The Morgan fingerprint density at radius 2 is 1.74 bits per heavy atom. The summed E-state index contributed by atoms with van der Waals surface area (Å²) in [4.78, 5) is 31.5. The monoisotopic (exact) mass is 454 g/mol. The number of rotatable bonds is 7. The van der Waals surface area contributed by atoms with E-state index in [1.54, 1.807) is 45.9 Å². The normalized spacial score (nSPS) is 17.6. The van der Waals surface area contributed by atoms with E-state index in [1.165, 1.54) is 23.5 Å². The van der Waals surface area contributed by atoms with Crippen LogP contribution in [0.4, 0.5) is 0 Å². The minimum atomic E-state index is -0.745. The third-order valence-corrected chi connectivity index (χ3v) is 7.21. The van der Waals surface area contributed by atoms with Gasteiger partial charge in [-0.2, -0.15) is 0 Å². The number of phenolic OH excluding ortho intramolecular Hbond substituents is 1. The molecular formula is C23H22N2O4S2. The Bertz CT molecular complexity index is 1100. The van der Waals surface area contributed by atoms with Crippen molar-refractivity contribution in [1.29, 1.82) is 0 Å². The van der Waals surface area contributed by atoms with Gasteiger partial charge in [0.2, 0.25) is 5.78 Å². The molecule has 31 heavy (non-hydrogen) atoms. The Kier molecular flexibility index (Phi) is 5.95. The molecule has 0 saturated carbocycles. The fraction of sp³-hybridized carbons (Fsp3) is 0.217. The second kappa shape index (κ2) is 8.66. The van der Waals surface area contributed by atoms with Crippen molar-refractivity contribution in [2.45, 2.75) is 12.1 Å². The molecule has 3 aromatic rings. The average Bonchev–Trinajstić information content (AvgIpc) is 3.50. The van der Waals surface area contributed by atoms with Gasteiger partial charge in [-0.05, 0) is 54.7 Å². The molecule has 1 aromatic carbocycles. The molecule has 0 radical (unpaired) electrons. The van der Waals surface area contributed by atoms with Crippen molar-refractivity contribution in [2.24, 2.45) is 0 Å². The largest absolute Gasteiger partial charge is 0.508 e. The quantitative estimate of drug-likeness (QED) is 0.518. The number of carbonyl (C=O) groups is 2. The number of amides is 1. The number of carbonyl (C=O) groups excluding carboxylic acids is 2. The van der Waals surface area contributed by atoms with Crippen LogP contribution in [-0.2, 0) is 4.79 Å². The number of phenols is 1. The first kappa shape index (κ1) is 21.3. The highest BCUT2D eigenvalue weighted by molar-refractivity contribution is 7.12. The first-order chi connectivity index (χ1) is 14.9. The van der Waals surface area contributed by atoms with E-state index in [-0.39, 0.29) is 23.1 Å². The fourth-order valence-corrected chi connectivity index (χ4v) is 5.38. The molecule has 6 nitrogen and oxygen atoms in total. The molecule has 2 aromatic heterocycles. The molecule has 1 amide bonds. The summed E-state index contributed by atoms with van der Waals surface area (Å²) in [5.74, 6) is -1.36. The Morgan fingerprint density at radius 1 is 1.06 bits per heavy atom. The van der Waals surface area contributed by atoms with E-state index in [4.69, 9.17) is 0 Å². The zero-order chi connectivity index (χ0) is 22.1. The third kappa shape index (κ3) is 4.01. The van der Waals surface area contributed by atoms with Crippen LogP contribution in [0.3, 0.4) is 0 Å². The Labute approximate surface area is 188 Å². The van der Waals surface area contributed by atoms with E-state index in [0.717, 1.165) is 4.88 Å². The molecule has 3 heterocycles. The minimum absolute atomic E-state index is 0.0711. The minimum Gasteiger partial charge on any atom is -0.508 e. The topological polar surface area (TPSA) is 81.1 Å². The summed E-state index contributed by atoms with van der Waals surface area (Å²) in [5.41, 5.74) is 0.723. The maximum atomic E-state index is 13.3. The molecule has 8 heteroatoms. The standard InChI is InChI=1S/C23H22N2O4S2/c1-24(2)16(17-5-3-11-30-17)13-25-20(14-7-9-15(26)10-8-14)19(22(28)23(25)29)21(27)18-6-4-12-31-18/h3-12,16,20,26,28H,13H2,1-2H3/t16-,20+/m0/s1. The SMILES string of the molecule is CN(C)[C@@H](CN1C(=O)C(O)=C(C(=O)c2cccs2)[C@H]1c1ccc(O)cc1)c1cccs1. The summed E-state index contributed by atoms with van der Waals surface area (Å²) < 4.78 is 0. The number of ketones is 1. The number of benzene rings is 1. The molecule has 0 spiro atoms. The van der Waals surface area contributed by atoms with Crippen molar-refractivity contribution in [3.63, 3.8) is 0 Å². The van der Waals surface area contributed by atoms with Gasteiger partial charge in [0, 0.05) is 11.4 Å². The van der Waals surface area contributed by atoms with Gasteiger partial charge in [0.1, 0.15) is 5.75 Å². The van der Waals surface area contributed by atoms with Gasteiger partial charge in [-0.3, -0.25) is 9.59 Å². The second-order valence-corrected chi connectivity index (χ2v) is 9.44. The predicted molar refractivity (Wildman–Crippen MR) is 122 cm³/mol. The van der Waals surface area contributed by atoms with Gasteiger partial charge in [-0.25, -0.2) is 0 Å². The van der Waals surface area contributed by atoms with Crippen LogP contribution in [0.2, 0.25) is 0 Å².